The summed E-state index contributed by atoms with van der Waals surface area (Å²) in [6.07, 6.45) is 3.76. The van der Waals surface area contributed by atoms with Crippen LogP contribution in [0.4, 0.5) is 0 Å². The molecule has 19 heavy (non-hydrogen) atoms. The summed E-state index contributed by atoms with van der Waals surface area (Å²) in [5.41, 5.74) is 5.49. The molecular weight excluding hydrogens is 300 g/mol. The van der Waals surface area contributed by atoms with Crippen LogP contribution in [0.2, 0.25) is 0 Å². The molecule has 0 saturated carbocycles. The number of aryl methyl sites for hydroxylation is 2. The van der Waals surface area contributed by atoms with Crippen molar-refractivity contribution in [3.8, 4) is 5.75 Å². The van der Waals surface area contributed by atoms with Crippen LogP contribution in [-0.2, 0) is 24.8 Å². The molecule has 0 radical (unpaired) electrons. The fraction of sp³-hybridized carbons (Fsp3) is 0.294. The van der Waals surface area contributed by atoms with Gasteiger partial charge in [0.15, 0.2) is 0 Å². The second kappa shape index (κ2) is 5.79. The molecule has 0 fully saturated rings. The predicted octanol–water partition coefficient (Wildman–Crippen LogP) is 4.65. The maximum Gasteiger partial charge on any atom is 0.123 e. The smallest absolute Gasteiger partial charge is 0.123 e. The SMILES string of the molecule is BrCc1ccccc1OCc1ccc2c(c1)CCC2. The van der Waals surface area contributed by atoms with Gasteiger partial charge in [-0.15, -0.1) is 0 Å². The first kappa shape index (κ1) is 12.7. The lowest BCUT2D eigenvalue weighted by molar-refractivity contribution is 0.304. The van der Waals surface area contributed by atoms with E-state index in [4.69, 9.17) is 4.74 Å². The Morgan fingerprint density at radius 2 is 1.84 bits per heavy atom. The van der Waals surface area contributed by atoms with Gasteiger partial charge < -0.3 is 4.74 Å². The molecule has 2 aromatic carbocycles. The minimum absolute atomic E-state index is 0.650. The summed E-state index contributed by atoms with van der Waals surface area (Å²) < 4.78 is 5.94. The van der Waals surface area contributed by atoms with E-state index in [0.29, 0.717) is 6.61 Å². The quantitative estimate of drug-likeness (QED) is 0.746. The molecule has 0 aliphatic heterocycles. The minimum Gasteiger partial charge on any atom is -0.489 e. The number of fused-ring (bicyclic) bond motifs is 1. The zero-order valence-electron chi connectivity index (χ0n) is 10.9. The molecule has 0 aromatic heterocycles. The number of hydrogen-bond acceptors (Lipinski definition) is 1. The second-order valence-corrected chi connectivity index (χ2v) is 5.55. The van der Waals surface area contributed by atoms with Crippen molar-refractivity contribution in [2.45, 2.75) is 31.2 Å². The molecule has 2 heteroatoms. The van der Waals surface area contributed by atoms with Crippen molar-refractivity contribution >= 4 is 15.9 Å². The van der Waals surface area contributed by atoms with Gasteiger partial charge in [-0.25, -0.2) is 0 Å². The number of hydrogen-bond donors (Lipinski definition) is 0. The molecule has 0 unspecified atom stereocenters. The van der Waals surface area contributed by atoms with Crippen LogP contribution in [0.25, 0.3) is 0 Å². The fourth-order valence-electron chi connectivity index (χ4n) is 2.63. The van der Waals surface area contributed by atoms with Crippen molar-refractivity contribution in [1.82, 2.24) is 0 Å². The van der Waals surface area contributed by atoms with Crippen LogP contribution in [0.1, 0.15) is 28.7 Å². The Morgan fingerprint density at radius 3 is 2.74 bits per heavy atom. The van der Waals surface area contributed by atoms with Crippen molar-refractivity contribution in [1.29, 1.82) is 0 Å². The van der Waals surface area contributed by atoms with Crippen molar-refractivity contribution < 1.29 is 4.74 Å². The zero-order valence-corrected chi connectivity index (χ0v) is 12.4. The molecule has 0 spiro atoms. The lowest BCUT2D eigenvalue weighted by atomic mass is 10.1. The van der Waals surface area contributed by atoms with Gasteiger partial charge in [-0.1, -0.05) is 52.3 Å². The van der Waals surface area contributed by atoms with Crippen LogP contribution in [0, 0.1) is 0 Å². The molecule has 1 nitrogen and oxygen atoms in total. The number of benzene rings is 2. The van der Waals surface area contributed by atoms with E-state index < -0.39 is 0 Å². The van der Waals surface area contributed by atoms with Crippen LogP contribution in [-0.4, -0.2) is 0 Å². The fourth-order valence-corrected chi connectivity index (χ4v) is 3.09. The first-order valence-electron chi connectivity index (χ1n) is 6.74. The van der Waals surface area contributed by atoms with Crippen molar-refractivity contribution in [3.63, 3.8) is 0 Å². The van der Waals surface area contributed by atoms with Crippen LogP contribution in [0.15, 0.2) is 42.5 Å². The van der Waals surface area contributed by atoms with E-state index in [1.165, 1.54) is 41.5 Å². The lowest BCUT2D eigenvalue weighted by Crippen LogP contribution is -1.98. The number of alkyl halides is 1. The Hall–Kier alpha value is -1.28. The summed E-state index contributed by atoms with van der Waals surface area (Å²) in [5, 5.41) is 0.827. The molecule has 98 valence electrons. The van der Waals surface area contributed by atoms with Gasteiger partial charge in [0.05, 0.1) is 0 Å². The first-order chi connectivity index (χ1) is 9.36. The number of ether oxygens (including phenoxy) is 1. The maximum atomic E-state index is 5.94. The summed E-state index contributed by atoms with van der Waals surface area (Å²) in [5.74, 6) is 0.972. The van der Waals surface area contributed by atoms with Crippen molar-refractivity contribution in [2.24, 2.45) is 0 Å². The summed E-state index contributed by atoms with van der Waals surface area (Å²) in [4.78, 5) is 0. The average molecular weight is 317 g/mol. The van der Waals surface area contributed by atoms with E-state index >= 15 is 0 Å². The van der Waals surface area contributed by atoms with Crippen LogP contribution in [0.5, 0.6) is 5.75 Å². The molecule has 3 rings (SSSR count). The van der Waals surface area contributed by atoms with Gasteiger partial charge in [-0.2, -0.15) is 0 Å². The first-order valence-corrected chi connectivity index (χ1v) is 7.86. The molecule has 0 saturated heterocycles. The Labute approximate surface area is 122 Å². The molecular formula is C17H17BrO. The van der Waals surface area contributed by atoms with Gasteiger partial charge in [-0.05, 0) is 42.0 Å². The monoisotopic (exact) mass is 316 g/mol. The molecule has 1 aliphatic rings. The molecule has 0 amide bonds. The minimum atomic E-state index is 0.650. The summed E-state index contributed by atoms with van der Waals surface area (Å²) >= 11 is 3.50. The highest BCUT2D eigenvalue weighted by Gasteiger charge is 2.11. The third kappa shape index (κ3) is 2.84. The highest BCUT2D eigenvalue weighted by molar-refractivity contribution is 9.08. The zero-order chi connectivity index (χ0) is 13.1. The Bertz CT molecular complexity index is 577. The average Bonchev–Trinajstić information content (AvgIpc) is 2.93. The predicted molar refractivity (Wildman–Crippen MR) is 81.9 cm³/mol. The van der Waals surface area contributed by atoms with Crippen LogP contribution in [0.3, 0.4) is 0 Å². The van der Waals surface area contributed by atoms with Crippen molar-refractivity contribution in [3.05, 3.63) is 64.7 Å². The van der Waals surface area contributed by atoms with E-state index in [1.54, 1.807) is 0 Å². The lowest BCUT2D eigenvalue weighted by Gasteiger charge is -2.11. The number of halogens is 1. The summed E-state index contributed by atoms with van der Waals surface area (Å²) in [6.45, 7) is 0.650. The third-order valence-corrected chi connectivity index (χ3v) is 4.28. The number of para-hydroxylation sites is 1. The highest BCUT2D eigenvalue weighted by Crippen LogP contribution is 2.25. The summed E-state index contributed by atoms with van der Waals surface area (Å²) in [6, 6.07) is 14.9. The van der Waals surface area contributed by atoms with E-state index in [1.807, 2.05) is 18.2 Å². The maximum absolute atomic E-state index is 5.94. The van der Waals surface area contributed by atoms with Gasteiger partial charge in [-0.3, -0.25) is 0 Å². The van der Waals surface area contributed by atoms with Gasteiger partial charge in [0.25, 0.3) is 0 Å². The Kier molecular flexibility index (Phi) is 3.88. The van der Waals surface area contributed by atoms with E-state index in [0.717, 1.165) is 11.1 Å². The van der Waals surface area contributed by atoms with Crippen LogP contribution < -0.4 is 4.74 Å². The molecule has 0 atom stereocenters. The topological polar surface area (TPSA) is 9.23 Å². The summed E-state index contributed by atoms with van der Waals surface area (Å²) in [7, 11) is 0. The molecule has 0 N–H and O–H groups in total. The Balaban J connectivity index is 1.72. The van der Waals surface area contributed by atoms with Crippen LogP contribution >= 0.6 is 15.9 Å². The molecule has 0 heterocycles. The van der Waals surface area contributed by atoms with Gasteiger partial charge in [0, 0.05) is 10.9 Å². The van der Waals surface area contributed by atoms with Crippen molar-refractivity contribution in [2.75, 3.05) is 0 Å². The third-order valence-electron chi connectivity index (χ3n) is 3.67. The normalized spacial score (nSPS) is 13.3. The highest BCUT2D eigenvalue weighted by atomic mass is 79.9. The largest absolute Gasteiger partial charge is 0.489 e. The van der Waals surface area contributed by atoms with E-state index in [-0.39, 0.29) is 0 Å². The van der Waals surface area contributed by atoms with Gasteiger partial charge in [0.2, 0.25) is 0 Å². The van der Waals surface area contributed by atoms with Gasteiger partial charge >= 0.3 is 0 Å². The molecule has 2 aromatic rings. The molecule has 0 bridgehead atoms. The van der Waals surface area contributed by atoms with E-state index in [9.17, 15) is 0 Å². The Morgan fingerprint density at radius 1 is 1.00 bits per heavy atom. The second-order valence-electron chi connectivity index (χ2n) is 4.99. The molecule has 1 aliphatic carbocycles. The standard InChI is InChI=1S/C17H17BrO/c18-11-16-4-1-2-7-17(16)19-12-13-8-9-14-5-3-6-15(14)10-13/h1-2,4,7-10H,3,5-6,11-12H2. The van der Waals surface area contributed by atoms with Gasteiger partial charge in [0.1, 0.15) is 12.4 Å². The number of rotatable bonds is 4. The van der Waals surface area contributed by atoms with E-state index in [2.05, 4.69) is 40.2 Å².